The second-order valence-electron chi connectivity index (χ2n) is 5.69. The van der Waals surface area contributed by atoms with E-state index in [4.69, 9.17) is 9.26 Å². The molecule has 0 aromatic carbocycles. The summed E-state index contributed by atoms with van der Waals surface area (Å²) in [6.45, 7) is 7.70. The van der Waals surface area contributed by atoms with E-state index in [0.717, 1.165) is 0 Å². The molecule has 1 atom stereocenters. The number of H-pyrrole nitrogens is 1. The van der Waals surface area contributed by atoms with Crippen LogP contribution in [0.15, 0.2) is 10.9 Å². The van der Waals surface area contributed by atoms with E-state index in [1.807, 2.05) is 0 Å². The van der Waals surface area contributed by atoms with Crippen LogP contribution in [0.4, 0.5) is 0 Å². The molecule has 0 spiro atoms. The maximum atomic E-state index is 12.3. The maximum Gasteiger partial charge on any atom is 0.357 e. The number of hydrogen-bond acceptors (Lipinski definition) is 7. The van der Waals surface area contributed by atoms with Crippen molar-refractivity contribution in [3.63, 3.8) is 0 Å². The Kier molecular flexibility index (Phi) is 5.67. The minimum Gasteiger partial charge on any atom is -0.461 e. The summed E-state index contributed by atoms with van der Waals surface area (Å²) in [7, 11) is 0. The fourth-order valence-electron chi connectivity index (χ4n) is 2.04. The molecule has 2 heterocycles. The summed E-state index contributed by atoms with van der Waals surface area (Å²) >= 11 is 0. The lowest BCUT2D eigenvalue weighted by Crippen LogP contribution is -2.29. The number of aromatic nitrogens is 4. The third kappa shape index (κ3) is 4.18. The zero-order chi connectivity index (χ0) is 17.7. The molecule has 0 saturated carbocycles. The third-order valence-corrected chi connectivity index (χ3v) is 3.13. The molecular weight excluding hydrogens is 314 g/mol. The lowest BCUT2D eigenvalue weighted by Gasteiger charge is -2.09. The van der Waals surface area contributed by atoms with Crippen LogP contribution in [0, 0.1) is 5.92 Å². The number of amides is 1. The average molecular weight is 335 g/mol. The highest BCUT2D eigenvalue weighted by Gasteiger charge is 2.24. The van der Waals surface area contributed by atoms with Crippen molar-refractivity contribution in [3.05, 3.63) is 29.4 Å². The van der Waals surface area contributed by atoms with Crippen LogP contribution in [0.3, 0.4) is 0 Å². The molecule has 0 aliphatic carbocycles. The lowest BCUT2D eigenvalue weighted by atomic mass is 10.1. The van der Waals surface area contributed by atoms with Crippen LogP contribution in [0.1, 0.15) is 66.4 Å². The van der Waals surface area contributed by atoms with Gasteiger partial charge in [-0.15, -0.1) is 0 Å². The third-order valence-electron chi connectivity index (χ3n) is 3.13. The van der Waals surface area contributed by atoms with Crippen molar-refractivity contribution in [3.8, 4) is 0 Å². The quantitative estimate of drug-likeness (QED) is 0.737. The minimum atomic E-state index is -0.634. The number of rotatable bonds is 7. The van der Waals surface area contributed by atoms with Gasteiger partial charge in [0.1, 0.15) is 6.04 Å². The maximum absolute atomic E-state index is 12.3. The Morgan fingerprint density at radius 1 is 1.38 bits per heavy atom. The number of imidazole rings is 1. The van der Waals surface area contributed by atoms with Crippen LogP contribution in [-0.2, 0) is 11.2 Å². The molecule has 0 aliphatic heterocycles. The molecule has 0 fully saturated rings. The van der Waals surface area contributed by atoms with Gasteiger partial charge in [-0.3, -0.25) is 4.79 Å². The van der Waals surface area contributed by atoms with Gasteiger partial charge < -0.3 is 19.6 Å². The van der Waals surface area contributed by atoms with E-state index in [0.29, 0.717) is 24.1 Å². The van der Waals surface area contributed by atoms with Crippen molar-refractivity contribution in [1.82, 2.24) is 25.4 Å². The first-order valence-corrected chi connectivity index (χ1v) is 7.76. The van der Waals surface area contributed by atoms with Gasteiger partial charge in [0.05, 0.1) is 12.9 Å². The summed E-state index contributed by atoms with van der Waals surface area (Å²) < 4.78 is 10.0. The van der Waals surface area contributed by atoms with Crippen LogP contribution in [0.5, 0.6) is 0 Å². The number of aromatic amines is 1. The van der Waals surface area contributed by atoms with Crippen LogP contribution in [0.2, 0.25) is 0 Å². The lowest BCUT2D eigenvalue weighted by molar-refractivity contribution is 0.0516. The molecule has 9 nitrogen and oxygen atoms in total. The van der Waals surface area contributed by atoms with Gasteiger partial charge in [-0.25, -0.2) is 9.78 Å². The Morgan fingerprint density at radius 2 is 2.12 bits per heavy atom. The Labute approximate surface area is 139 Å². The summed E-state index contributed by atoms with van der Waals surface area (Å²) in [5, 5.41) is 6.56. The summed E-state index contributed by atoms with van der Waals surface area (Å²) in [5.74, 6) is 0.122. The Balaban J connectivity index is 2.05. The molecular formula is C15H21N5O4. The van der Waals surface area contributed by atoms with Crippen LogP contribution in [0.25, 0.3) is 0 Å². The van der Waals surface area contributed by atoms with Crippen LogP contribution >= 0.6 is 0 Å². The van der Waals surface area contributed by atoms with Crippen molar-refractivity contribution < 1.29 is 18.8 Å². The highest BCUT2D eigenvalue weighted by Crippen LogP contribution is 2.13. The SMILES string of the molecule is CCOC(=O)c1[nH]cnc1C(=O)NC(C)c1nc(CC(C)C)no1. The predicted molar refractivity (Wildman–Crippen MR) is 83.3 cm³/mol. The van der Waals surface area contributed by atoms with Crippen molar-refractivity contribution in [1.29, 1.82) is 0 Å². The first kappa shape index (κ1) is 17.6. The van der Waals surface area contributed by atoms with Gasteiger partial charge in [-0.1, -0.05) is 19.0 Å². The number of nitrogens with zero attached hydrogens (tertiary/aromatic N) is 3. The van der Waals surface area contributed by atoms with E-state index >= 15 is 0 Å². The summed E-state index contributed by atoms with van der Waals surface area (Å²) in [4.78, 5) is 34.8. The molecule has 24 heavy (non-hydrogen) atoms. The number of hydrogen-bond donors (Lipinski definition) is 2. The molecule has 1 unspecified atom stereocenters. The van der Waals surface area contributed by atoms with Crippen molar-refractivity contribution in [2.75, 3.05) is 6.61 Å². The van der Waals surface area contributed by atoms with Crippen molar-refractivity contribution in [2.45, 2.75) is 40.2 Å². The number of carbonyl (C=O) groups excluding carboxylic acids is 2. The first-order chi connectivity index (χ1) is 11.4. The van der Waals surface area contributed by atoms with Gasteiger partial charge in [0.15, 0.2) is 17.2 Å². The standard InChI is InChI=1S/C15H21N5O4/c1-5-23-15(22)12-11(16-7-17-12)13(21)18-9(4)14-19-10(20-24-14)6-8(2)3/h7-9H,5-6H2,1-4H3,(H,16,17)(H,18,21). The van der Waals surface area contributed by atoms with E-state index in [1.54, 1.807) is 13.8 Å². The van der Waals surface area contributed by atoms with Crippen molar-refractivity contribution in [2.24, 2.45) is 5.92 Å². The van der Waals surface area contributed by atoms with Gasteiger partial charge in [-0.05, 0) is 19.8 Å². The highest BCUT2D eigenvalue weighted by atomic mass is 16.5. The molecule has 2 aromatic rings. The Bertz CT molecular complexity index is 706. The Hall–Kier alpha value is -2.71. The molecule has 0 radical (unpaired) electrons. The normalized spacial score (nSPS) is 12.2. The van der Waals surface area contributed by atoms with Crippen molar-refractivity contribution >= 4 is 11.9 Å². The monoisotopic (exact) mass is 335 g/mol. The smallest absolute Gasteiger partial charge is 0.357 e. The van der Waals surface area contributed by atoms with Gasteiger partial charge in [-0.2, -0.15) is 4.98 Å². The van der Waals surface area contributed by atoms with E-state index < -0.39 is 17.9 Å². The summed E-state index contributed by atoms with van der Waals surface area (Å²) in [6.07, 6.45) is 1.95. The second kappa shape index (κ2) is 7.71. The topological polar surface area (TPSA) is 123 Å². The van der Waals surface area contributed by atoms with Gasteiger partial charge in [0.25, 0.3) is 5.91 Å². The highest BCUT2D eigenvalue weighted by molar-refractivity contribution is 6.02. The van der Waals surface area contributed by atoms with E-state index in [2.05, 4.69) is 39.3 Å². The number of ether oxygens (including phenoxy) is 1. The van der Waals surface area contributed by atoms with E-state index in [1.165, 1.54) is 6.33 Å². The van der Waals surface area contributed by atoms with Crippen LogP contribution in [-0.4, -0.2) is 38.6 Å². The fraction of sp³-hybridized carbons (Fsp3) is 0.533. The molecule has 0 aliphatic rings. The Morgan fingerprint density at radius 3 is 2.79 bits per heavy atom. The zero-order valence-electron chi connectivity index (χ0n) is 14.1. The molecule has 2 aromatic heterocycles. The van der Waals surface area contributed by atoms with Gasteiger partial charge >= 0.3 is 5.97 Å². The predicted octanol–water partition coefficient (Wildman–Crippen LogP) is 1.66. The second-order valence-corrected chi connectivity index (χ2v) is 5.69. The van der Waals surface area contributed by atoms with E-state index in [-0.39, 0.29) is 18.0 Å². The fourth-order valence-corrected chi connectivity index (χ4v) is 2.04. The molecule has 0 saturated heterocycles. The average Bonchev–Trinajstić information content (AvgIpc) is 3.15. The number of esters is 1. The molecule has 130 valence electrons. The minimum absolute atomic E-state index is 0.00701. The zero-order valence-corrected chi connectivity index (χ0v) is 14.1. The first-order valence-electron chi connectivity index (χ1n) is 7.76. The number of carbonyl (C=O) groups is 2. The summed E-state index contributed by atoms with van der Waals surface area (Å²) in [5.41, 5.74) is -0.0326. The molecule has 1 amide bonds. The van der Waals surface area contributed by atoms with Gasteiger partial charge in [0.2, 0.25) is 5.89 Å². The molecule has 9 heteroatoms. The number of nitrogens with one attached hydrogen (secondary N) is 2. The van der Waals surface area contributed by atoms with E-state index in [9.17, 15) is 9.59 Å². The largest absolute Gasteiger partial charge is 0.461 e. The molecule has 0 bridgehead atoms. The molecule has 2 N–H and O–H groups in total. The van der Waals surface area contributed by atoms with Crippen LogP contribution < -0.4 is 5.32 Å². The van der Waals surface area contributed by atoms with Gasteiger partial charge in [0, 0.05) is 6.42 Å². The summed E-state index contributed by atoms with van der Waals surface area (Å²) in [6, 6.07) is -0.516. The molecule has 2 rings (SSSR count).